The van der Waals surface area contributed by atoms with Gasteiger partial charge in [0.15, 0.2) is 12.4 Å². The first-order chi connectivity index (χ1) is 10.2. The molecule has 1 amide bonds. The second kappa shape index (κ2) is 5.85. The molecule has 1 aromatic carbocycles. The Morgan fingerprint density at radius 2 is 2.05 bits per heavy atom. The van der Waals surface area contributed by atoms with Crippen molar-refractivity contribution in [2.24, 2.45) is 0 Å². The van der Waals surface area contributed by atoms with Crippen molar-refractivity contribution in [2.75, 3.05) is 11.9 Å². The van der Waals surface area contributed by atoms with Gasteiger partial charge in [0.05, 0.1) is 6.20 Å². The van der Waals surface area contributed by atoms with Crippen LogP contribution in [-0.2, 0) is 4.79 Å². The quantitative estimate of drug-likeness (QED) is 0.806. The lowest BCUT2D eigenvalue weighted by molar-refractivity contribution is -0.118. The number of hydrogen-bond donors (Lipinski definition) is 1. The number of benzene rings is 1. The Morgan fingerprint density at radius 1 is 1.24 bits per heavy atom. The van der Waals surface area contributed by atoms with Gasteiger partial charge in [-0.25, -0.2) is 4.98 Å². The van der Waals surface area contributed by atoms with E-state index in [1.54, 1.807) is 30.5 Å². The maximum absolute atomic E-state index is 11.8. The molecule has 1 N–H and O–H groups in total. The minimum Gasteiger partial charge on any atom is -0.484 e. The first-order valence-corrected chi connectivity index (χ1v) is 6.70. The lowest BCUT2D eigenvalue weighted by Gasteiger charge is -2.05. The maximum atomic E-state index is 11.8. The van der Waals surface area contributed by atoms with Crippen LogP contribution in [0, 0.1) is 0 Å². The van der Waals surface area contributed by atoms with E-state index in [0.717, 1.165) is 5.65 Å². The van der Waals surface area contributed by atoms with Gasteiger partial charge in [-0.1, -0.05) is 17.7 Å². The van der Waals surface area contributed by atoms with E-state index in [2.05, 4.69) is 10.3 Å². The van der Waals surface area contributed by atoms with Crippen LogP contribution in [0.3, 0.4) is 0 Å². The van der Waals surface area contributed by atoms with E-state index in [9.17, 15) is 4.79 Å². The maximum Gasteiger partial charge on any atom is 0.263 e. The van der Waals surface area contributed by atoms with Crippen molar-refractivity contribution >= 4 is 29.0 Å². The topological polar surface area (TPSA) is 55.6 Å². The summed E-state index contributed by atoms with van der Waals surface area (Å²) in [4.78, 5) is 16.1. The summed E-state index contributed by atoms with van der Waals surface area (Å²) in [5.41, 5.74) is 0.770. The third-order valence-corrected chi connectivity index (χ3v) is 3.07. The Morgan fingerprint density at radius 3 is 2.81 bits per heavy atom. The number of anilines is 1. The molecule has 106 valence electrons. The second-order valence-electron chi connectivity index (χ2n) is 4.38. The van der Waals surface area contributed by atoms with Crippen molar-refractivity contribution in [3.05, 3.63) is 59.9 Å². The van der Waals surface area contributed by atoms with Crippen molar-refractivity contribution in [3.8, 4) is 5.75 Å². The Bertz CT molecular complexity index is 735. The molecule has 2 aromatic heterocycles. The summed E-state index contributed by atoms with van der Waals surface area (Å²) in [7, 11) is 0. The Hall–Kier alpha value is -2.53. The largest absolute Gasteiger partial charge is 0.484 e. The van der Waals surface area contributed by atoms with E-state index in [1.165, 1.54) is 0 Å². The zero-order valence-corrected chi connectivity index (χ0v) is 11.7. The molecule has 2 heterocycles. The molecule has 0 spiro atoms. The number of nitrogens with one attached hydrogen (secondary N) is 1. The van der Waals surface area contributed by atoms with Crippen LogP contribution in [0.25, 0.3) is 5.65 Å². The predicted molar refractivity (Wildman–Crippen MR) is 80.8 cm³/mol. The smallest absolute Gasteiger partial charge is 0.263 e. The van der Waals surface area contributed by atoms with Crippen molar-refractivity contribution in [1.82, 2.24) is 9.38 Å². The van der Waals surface area contributed by atoms with Crippen LogP contribution < -0.4 is 10.1 Å². The highest BCUT2D eigenvalue weighted by atomic mass is 35.5. The summed E-state index contributed by atoms with van der Waals surface area (Å²) in [6.07, 6.45) is 3.61. The van der Waals surface area contributed by atoms with Crippen LogP contribution in [0.15, 0.2) is 54.9 Å². The average molecular weight is 302 g/mol. The predicted octanol–water partition coefficient (Wildman–Crippen LogP) is 3.01. The van der Waals surface area contributed by atoms with Crippen LogP contribution in [0.1, 0.15) is 0 Å². The number of imidazole rings is 1. The number of ether oxygens (including phenoxy) is 1. The summed E-state index contributed by atoms with van der Waals surface area (Å²) >= 11 is 5.77. The molecule has 0 aliphatic carbocycles. The minimum absolute atomic E-state index is 0.0878. The first-order valence-electron chi connectivity index (χ1n) is 6.33. The molecule has 6 heteroatoms. The van der Waals surface area contributed by atoms with Gasteiger partial charge in [0.1, 0.15) is 11.4 Å². The molecular weight excluding hydrogens is 290 g/mol. The Balaban J connectivity index is 1.59. The molecule has 0 unspecified atom stereocenters. The fourth-order valence-electron chi connectivity index (χ4n) is 1.85. The summed E-state index contributed by atoms with van der Waals surface area (Å²) in [5, 5.41) is 3.31. The molecule has 0 saturated carbocycles. The molecule has 0 fully saturated rings. The minimum atomic E-state index is -0.270. The van der Waals surface area contributed by atoms with Crippen LogP contribution in [0.2, 0.25) is 5.02 Å². The standard InChI is InChI=1S/C15H12ClN3O2/c16-11-4-6-12(7-5-11)21-10-15(20)18-13-9-19-8-2-1-3-14(19)17-13/h1-9H,10H2,(H,18,20). The molecule has 3 aromatic rings. The van der Waals surface area contributed by atoms with Gasteiger partial charge in [0.25, 0.3) is 5.91 Å². The number of fused-ring (bicyclic) bond motifs is 1. The summed E-state index contributed by atoms with van der Waals surface area (Å²) in [6.45, 7) is -0.0878. The van der Waals surface area contributed by atoms with E-state index in [4.69, 9.17) is 16.3 Å². The summed E-state index contributed by atoms with van der Waals surface area (Å²) in [5.74, 6) is 0.809. The lowest BCUT2D eigenvalue weighted by atomic mass is 10.3. The van der Waals surface area contributed by atoms with Crippen molar-refractivity contribution < 1.29 is 9.53 Å². The van der Waals surface area contributed by atoms with Gasteiger partial charge in [-0.2, -0.15) is 0 Å². The number of hydrogen-bond acceptors (Lipinski definition) is 3. The van der Waals surface area contributed by atoms with Gasteiger partial charge < -0.3 is 14.5 Å². The zero-order valence-electron chi connectivity index (χ0n) is 11.0. The summed E-state index contributed by atoms with van der Waals surface area (Å²) < 4.78 is 7.19. The van der Waals surface area contributed by atoms with Crippen molar-refractivity contribution in [1.29, 1.82) is 0 Å². The van der Waals surface area contributed by atoms with Gasteiger partial charge in [-0.05, 0) is 36.4 Å². The molecule has 0 aliphatic heterocycles. The molecule has 0 bridgehead atoms. The first kappa shape index (κ1) is 13.5. The molecule has 0 radical (unpaired) electrons. The van der Waals surface area contributed by atoms with Crippen LogP contribution in [0.5, 0.6) is 5.75 Å². The SMILES string of the molecule is O=C(COc1ccc(Cl)cc1)Nc1cn2ccccc2n1. The van der Waals surface area contributed by atoms with Gasteiger partial charge in [0.2, 0.25) is 0 Å². The molecule has 0 aliphatic rings. The van der Waals surface area contributed by atoms with Crippen LogP contribution >= 0.6 is 11.6 Å². The highest BCUT2D eigenvalue weighted by molar-refractivity contribution is 6.30. The number of rotatable bonds is 4. The van der Waals surface area contributed by atoms with Gasteiger partial charge in [-0.3, -0.25) is 4.79 Å². The third-order valence-electron chi connectivity index (χ3n) is 2.82. The van der Waals surface area contributed by atoms with E-state index in [-0.39, 0.29) is 12.5 Å². The van der Waals surface area contributed by atoms with E-state index < -0.39 is 0 Å². The van der Waals surface area contributed by atoms with E-state index in [1.807, 2.05) is 28.8 Å². The number of carbonyl (C=O) groups excluding carboxylic acids is 1. The fourth-order valence-corrected chi connectivity index (χ4v) is 1.98. The van der Waals surface area contributed by atoms with E-state index >= 15 is 0 Å². The number of pyridine rings is 1. The van der Waals surface area contributed by atoms with Crippen LogP contribution in [0.4, 0.5) is 5.82 Å². The zero-order chi connectivity index (χ0) is 14.7. The Labute approximate surface area is 126 Å². The second-order valence-corrected chi connectivity index (χ2v) is 4.82. The third kappa shape index (κ3) is 3.32. The molecule has 0 saturated heterocycles. The van der Waals surface area contributed by atoms with Crippen molar-refractivity contribution in [2.45, 2.75) is 0 Å². The number of halogens is 1. The molecular formula is C15H12ClN3O2. The molecule has 5 nitrogen and oxygen atoms in total. The van der Waals surface area contributed by atoms with Gasteiger partial charge in [0, 0.05) is 11.2 Å². The monoisotopic (exact) mass is 301 g/mol. The number of aromatic nitrogens is 2. The molecule has 3 rings (SSSR count). The fraction of sp³-hybridized carbons (Fsp3) is 0.0667. The lowest BCUT2D eigenvalue weighted by Crippen LogP contribution is -2.20. The average Bonchev–Trinajstić information content (AvgIpc) is 2.88. The summed E-state index contributed by atoms with van der Waals surface area (Å²) in [6, 6.07) is 12.5. The molecule has 21 heavy (non-hydrogen) atoms. The molecule has 0 atom stereocenters. The van der Waals surface area contributed by atoms with Gasteiger partial charge in [-0.15, -0.1) is 0 Å². The number of amides is 1. The highest BCUT2D eigenvalue weighted by Gasteiger charge is 2.07. The number of nitrogens with zero attached hydrogens (tertiary/aromatic N) is 2. The van der Waals surface area contributed by atoms with Gasteiger partial charge >= 0.3 is 0 Å². The van der Waals surface area contributed by atoms with E-state index in [0.29, 0.717) is 16.6 Å². The Kier molecular flexibility index (Phi) is 3.75. The normalized spacial score (nSPS) is 10.5. The van der Waals surface area contributed by atoms with Crippen molar-refractivity contribution in [3.63, 3.8) is 0 Å². The highest BCUT2D eigenvalue weighted by Crippen LogP contribution is 2.15. The number of carbonyl (C=O) groups is 1. The van der Waals surface area contributed by atoms with Crippen LogP contribution in [-0.4, -0.2) is 21.9 Å².